The molecule has 8 nitrogen and oxygen atoms in total. The van der Waals surface area contributed by atoms with Crippen molar-refractivity contribution in [1.82, 2.24) is 5.32 Å². The average Bonchev–Trinajstić information content (AvgIpc) is 2.64. The van der Waals surface area contributed by atoms with E-state index >= 15 is 0 Å². The first-order valence-corrected chi connectivity index (χ1v) is 11.3. The molecule has 1 saturated heterocycles. The smallest absolute Gasteiger partial charge is 0.226 e. The van der Waals surface area contributed by atoms with E-state index in [1.807, 2.05) is 14.1 Å². The topological polar surface area (TPSA) is 120 Å². The molecular weight excluding hydrogens is 356 g/mol. The minimum Gasteiger partial charge on any atom is -0.748 e. The molecule has 0 saturated carbocycles. The lowest BCUT2D eigenvalue weighted by Crippen LogP contribution is -2.57. The Morgan fingerprint density at radius 3 is 2.42 bits per heavy atom. The summed E-state index contributed by atoms with van der Waals surface area (Å²) in [6.45, 7) is 4.85. The minimum atomic E-state index is -4.83. The normalized spacial score (nSPS) is 27.1. The zero-order chi connectivity index (χ0) is 18.8. The maximum absolute atomic E-state index is 12.2. The zero-order valence-electron chi connectivity index (χ0n) is 14.7. The Morgan fingerprint density at radius 1 is 1.33 bits per heavy atom. The average molecular weight is 385 g/mol. The summed E-state index contributed by atoms with van der Waals surface area (Å²) in [4.78, 5) is 12.2. The van der Waals surface area contributed by atoms with Gasteiger partial charge in [-0.1, -0.05) is 13.3 Å². The minimum absolute atomic E-state index is 0.137. The number of amides is 1. The number of unbranched alkanes of at least 4 members (excludes halogenated alkanes) is 1. The summed E-state index contributed by atoms with van der Waals surface area (Å²) in [7, 11) is -4.52. The van der Waals surface area contributed by atoms with Crippen molar-refractivity contribution in [2.45, 2.75) is 43.9 Å². The van der Waals surface area contributed by atoms with Gasteiger partial charge in [0, 0.05) is 0 Å². The number of carbonyl (C=O) groups is 1. The van der Waals surface area contributed by atoms with Crippen LogP contribution in [-0.2, 0) is 24.7 Å². The van der Waals surface area contributed by atoms with Crippen LogP contribution in [-0.4, -0.2) is 81.3 Å². The van der Waals surface area contributed by atoms with Gasteiger partial charge in [-0.05, 0) is 13.3 Å². The molecule has 24 heavy (non-hydrogen) atoms. The monoisotopic (exact) mass is 384 g/mol. The number of quaternary nitrogens is 1. The molecule has 0 spiro atoms. The predicted molar refractivity (Wildman–Crippen MR) is 90.1 cm³/mol. The number of rotatable bonds is 8. The van der Waals surface area contributed by atoms with Gasteiger partial charge in [-0.15, -0.1) is 0 Å². The highest BCUT2D eigenvalue weighted by molar-refractivity contribution is 7.94. The second-order valence-electron chi connectivity index (χ2n) is 7.49. The largest absolute Gasteiger partial charge is 0.748 e. The van der Waals surface area contributed by atoms with Crippen LogP contribution < -0.4 is 5.32 Å². The molecule has 0 radical (unpaired) electrons. The molecule has 0 aromatic heterocycles. The Balaban J connectivity index is 2.77. The number of hydrogen-bond acceptors (Lipinski definition) is 6. The van der Waals surface area contributed by atoms with Crippen LogP contribution in [0.2, 0.25) is 0 Å². The molecule has 10 heteroatoms. The van der Waals surface area contributed by atoms with Crippen molar-refractivity contribution < 1.29 is 30.7 Å². The van der Waals surface area contributed by atoms with E-state index < -0.39 is 48.2 Å². The van der Waals surface area contributed by atoms with E-state index in [0.717, 1.165) is 19.4 Å². The fourth-order valence-electron chi connectivity index (χ4n) is 3.02. The maximum Gasteiger partial charge on any atom is 0.226 e. The number of nitrogens with zero attached hydrogens (tertiary/aromatic N) is 1. The molecule has 1 amide bonds. The highest BCUT2D eigenvalue weighted by atomic mass is 32.2. The van der Waals surface area contributed by atoms with E-state index in [-0.39, 0.29) is 6.42 Å². The van der Waals surface area contributed by atoms with Crippen molar-refractivity contribution in [2.24, 2.45) is 0 Å². The molecular formula is C14H28N2O6S2. The summed E-state index contributed by atoms with van der Waals surface area (Å²) >= 11 is 0. The third kappa shape index (κ3) is 5.98. The lowest BCUT2D eigenvalue weighted by molar-refractivity contribution is -0.889. The summed E-state index contributed by atoms with van der Waals surface area (Å²) in [5.74, 6) is -1.72. The van der Waals surface area contributed by atoms with Gasteiger partial charge >= 0.3 is 0 Å². The van der Waals surface area contributed by atoms with Crippen molar-refractivity contribution in [1.29, 1.82) is 0 Å². The molecule has 1 fully saturated rings. The van der Waals surface area contributed by atoms with Gasteiger partial charge in [-0.2, -0.15) is 0 Å². The van der Waals surface area contributed by atoms with Gasteiger partial charge < -0.3 is 14.4 Å². The molecule has 1 rings (SSSR count). The highest BCUT2D eigenvalue weighted by Gasteiger charge is 2.51. The van der Waals surface area contributed by atoms with Crippen molar-refractivity contribution in [2.75, 3.05) is 38.7 Å². The van der Waals surface area contributed by atoms with Crippen molar-refractivity contribution in [3.63, 3.8) is 0 Å². The van der Waals surface area contributed by atoms with Gasteiger partial charge in [0.2, 0.25) is 5.91 Å². The van der Waals surface area contributed by atoms with Crippen LogP contribution in [0.25, 0.3) is 0 Å². The van der Waals surface area contributed by atoms with E-state index in [9.17, 15) is 26.2 Å². The Kier molecular flexibility index (Phi) is 6.46. The molecule has 0 aromatic rings. The van der Waals surface area contributed by atoms with Crippen LogP contribution in [0.5, 0.6) is 0 Å². The summed E-state index contributed by atoms with van der Waals surface area (Å²) in [5.41, 5.74) is -1.57. The van der Waals surface area contributed by atoms with Gasteiger partial charge in [0.25, 0.3) is 0 Å². The standard InChI is InChI=1S/C14H28N2O6S2/c1-5-6-8-16(3,4)9-7-13(17)15-14(2)11-23(18,19)10-12(14)24(20,21)22/h12H,5-11H2,1-4H3,(H-,15,17,20,21,22). The molecule has 2 unspecified atom stereocenters. The van der Waals surface area contributed by atoms with Crippen molar-refractivity contribution in [3.8, 4) is 0 Å². The molecule has 0 bridgehead atoms. The van der Waals surface area contributed by atoms with E-state index in [2.05, 4.69) is 12.2 Å². The molecule has 1 N–H and O–H groups in total. The van der Waals surface area contributed by atoms with E-state index in [1.54, 1.807) is 0 Å². The van der Waals surface area contributed by atoms with Crippen molar-refractivity contribution >= 4 is 25.9 Å². The van der Waals surface area contributed by atoms with Crippen LogP contribution in [0.3, 0.4) is 0 Å². The first-order valence-electron chi connectivity index (χ1n) is 7.99. The Bertz CT molecular complexity index is 671. The van der Waals surface area contributed by atoms with Gasteiger partial charge in [-0.25, -0.2) is 16.8 Å². The predicted octanol–water partition coefficient (Wildman–Crippen LogP) is -0.530. The van der Waals surface area contributed by atoms with E-state index in [4.69, 9.17) is 0 Å². The Morgan fingerprint density at radius 2 is 1.92 bits per heavy atom. The first-order chi connectivity index (χ1) is 10.7. The van der Waals surface area contributed by atoms with E-state index in [0.29, 0.717) is 11.0 Å². The van der Waals surface area contributed by atoms with Gasteiger partial charge in [0.05, 0.1) is 55.9 Å². The SMILES string of the molecule is CCCC[N+](C)(C)CCC(=O)NC1(C)CS(=O)(=O)CC1S(=O)(=O)[O-]. The third-order valence-electron chi connectivity index (χ3n) is 4.47. The Hall–Kier alpha value is -0.710. The molecule has 1 heterocycles. The van der Waals surface area contributed by atoms with E-state index in [1.165, 1.54) is 6.92 Å². The van der Waals surface area contributed by atoms with Gasteiger partial charge in [0.1, 0.15) is 10.1 Å². The number of nitrogens with one attached hydrogen (secondary N) is 1. The van der Waals surface area contributed by atoms with Crippen LogP contribution >= 0.6 is 0 Å². The fraction of sp³-hybridized carbons (Fsp3) is 0.929. The molecule has 1 aliphatic rings. The van der Waals surface area contributed by atoms with Crippen molar-refractivity contribution in [3.05, 3.63) is 0 Å². The van der Waals surface area contributed by atoms with Crippen LogP contribution in [0, 0.1) is 0 Å². The molecule has 0 aliphatic carbocycles. The van der Waals surface area contributed by atoms with Crippen LogP contribution in [0.15, 0.2) is 0 Å². The second-order valence-corrected chi connectivity index (χ2v) is 11.2. The number of carbonyl (C=O) groups excluding carboxylic acids is 1. The van der Waals surface area contributed by atoms with Gasteiger partial charge in [-0.3, -0.25) is 4.79 Å². The summed E-state index contributed by atoms with van der Waals surface area (Å²) < 4.78 is 58.3. The summed E-state index contributed by atoms with van der Waals surface area (Å²) in [6, 6.07) is 0. The summed E-state index contributed by atoms with van der Waals surface area (Å²) in [5, 5.41) is 0.838. The second kappa shape index (κ2) is 7.27. The maximum atomic E-state index is 12.2. The summed E-state index contributed by atoms with van der Waals surface area (Å²) in [6.07, 6.45) is 2.21. The zero-order valence-corrected chi connectivity index (χ0v) is 16.4. The quantitative estimate of drug-likeness (QED) is 0.444. The number of hydrogen-bond donors (Lipinski definition) is 1. The third-order valence-corrected chi connectivity index (χ3v) is 7.95. The molecule has 2 atom stereocenters. The lowest BCUT2D eigenvalue weighted by atomic mass is 10.0. The molecule has 142 valence electrons. The van der Waals surface area contributed by atoms with Crippen LogP contribution in [0.4, 0.5) is 0 Å². The lowest BCUT2D eigenvalue weighted by Gasteiger charge is -2.34. The van der Waals surface area contributed by atoms with Gasteiger partial charge in [0.15, 0.2) is 9.84 Å². The highest BCUT2D eigenvalue weighted by Crippen LogP contribution is 2.29. The number of sulfone groups is 1. The molecule has 0 aromatic carbocycles. The first kappa shape index (κ1) is 21.3. The fourth-order valence-corrected chi connectivity index (χ4v) is 7.33. The molecule has 1 aliphatic heterocycles. The Labute approximate surface area is 144 Å². The van der Waals surface area contributed by atoms with Crippen LogP contribution in [0.1, 0.15) is 33.1 Å².